The first-order valence-electron chi connectivity index (χ1n) is 29.1. The lowest BCUT2D eigenvalue weighted by Gasteiger charge is -2.21. The number of carbonyl (C=O) groups is 4. The molecule has 0 bridgehead atoms. The first kappa shape index (κ1) is 70.1. The fraction of sp³-hybridized carbons (Fsp3) is 0.235. The molecule has 10 aromatic rings. The molecule has 24 heteroatoms. The van der Waals surface area contributed by atoms with Crippen molar-refractivity contribution in [3.63, 3.8) is 0 Å². The van der Waals surface area contributed by atoms with Crippen molar-refractivity contribution in [2.75, 3.05) is 35.2 Å². The van der Waals surface area contributed by atoms with Gasteiger partial charge in [0.2, 0.25) is 11.8 Å². The van der Waals surface area contributed by atoms with Crippen molar-refractivity contribution in [1.29, 1.82) is 0 Å². The zero-order valence-electron chi connectivity index (χ0n) is 51.2. The molecule has 0 aliphatic carbocycles. The van der Waals surface area contributed by atoms with Crippen LogP contribution in [-0.4, -0.2) is 91.3 Å². The summed E-state index contributed by atoms with van der Waals surface area (Å²) >= 11 is 4.70. The molecule has 10 rings (SSSR count). The van der Waals surface area contributed by atoms with E-state index in [-0.39, 0.29) is 41.4 Å². The summed E-state index contributed by atoms with van der Waals surface area (Å²) in [5.41, 5.74) is 7.91. The van der Waals surface area contributed by atoms with E-state index in [0.717, 1.165) is 57.7 Å². The van der Waals surface area contributed by atoms with Crippen molar-refractivity contribution < 1.29 is 64.0 Å². The Morgan fingerprint density at radius 2 is 0.924 bits per heavy atom. The Hall–Kier alpha value is -7.79. The van der Waals surface area contributed by atoms with E-state index in [1.807, 2.05) is 146 Å². The summed E-state index contributed by atoms with van der Waals surface area (Å²) in [6.07, 6.45) is 0.759. The molecule has 4 aromatic heterocycles. The largest absolute Gasteiger partial charge is 0.526 e. The van der Waals surface area contributed by atoms with Crippen LogP contribution in [-0.2, 0) is 53.5 Å². The molecular weight excluding hydrogens is 1360 g/mol. The van der Waals surface area contributed by atoms with Crippen LogP contribution in [0.4, 0.5) is 11.4 Å². The predicted octanol–water partition coefficient (Wildman–Crippen LogP) is 12.4. The molecule has 2 atom stereocenters. The van der Waals surface area contributed by atoms with Gasteiger partial charge in [0.25, 0.3) is 32.1 Å². The Morgan fingerprint density at radius 3 is 1.32 bits per heavy atom. The van der Waals surface area contributed by atoms with Gasteiger partial charge in [0, 0.05) is 54.1 Å². The number of thiophene rings is 2. The monoisotopic (exact) mass is 1430 g/mol. The van der Waals surface area contributed by atoms with Gasteiger partial charge in [0.1, 0.15) is 22.6 Å². The highest BCUT2D eigenvalue weighted by atomic mass is 127. The van der Waals surface area contributed by atoms with Gasteiger partial charge in [-0.2, -0.15) is 16.8 Å². The van der Waals surface area contributed by atoms with Crippen molar-refractivity contribution in [3.05, 3.63) is 227 Å². The highest BCUT2D eigenvalue weighted by molar-refractivity contribution is 14.1. The Kier molecular flexibility index (Phi) is 23.4. The van der Waals surface area contributed by atoms with Gasteiger partial charge in [0.05, 0.1) is 33.1 Å². The minimum atomic E-state index is -4.17. The third-order valence-electron chi connectivity index (χ3n) is 14.5. The Morgan fingerprint density at radius 1 is 0.522 bits per heavy atom. The van der Waals surface area contributed by atoms with Gasteiger partial charge in [-0.3, -0.25) is 28.3 Å². The fourth-order valence-corrected chi connectivity index (χ4v) is 12.5. The van der Waals surface area contributed by atoms with Crippen LogP contribution in [0.15, 0.2) is 191 Å². The molecule has 18 nitrogen and oxygen atoms in total. The minimum Gasteiger partial charge on any atom is -0.465 e. The molecule has 8 N–H and O–H groups in total. The lowest BCUT2D eigenvalue weighted by Crippen LogP contribution is -2.28. The SMILES string of the molecule is CC(C)(C)c1ccc(C(Cc2ccc(C(=O)NCCS(=O)(=O)O)s2)C(=O)Nc2ccc(-c3cc4ccccc4o3)cc2)cc1.CC(C)(C)c1ccc(C(Cc2ccc(C(=O)NCCS(=O)(=O)O)s2)C(=O)Nc2ccc(I)cc2)cc1.OB(O)c1cc2ccccc2o1. The van der Waals surface area contributed by atoms with Gasteiger partial charge in [-0.05, 0) is 166 Å². The highest BCUT2D eigenvalue weighted by Crippen LogP contribution is 2.34. The van der Waals surface area contributed by atoms with E-state index in [1.54, 1.807) is 36.4 Å². The summed E-state index contributed by atoms with van der Waals surface area (Å²) in [5, 5.41) is 30.5. The third kappa shape index (κ3) is 20.6. The number of hydrogen-bond donors (Lipinski definition) is 8. The molecule has 480 valence electrons. The number of para-hydroxylation sites is 2. The van der Waals surface area contributed by atoms with Crippen LogP contribution in [0.25, 0.3) is 33.3 Å². The van der Waals surface area contributed by atoms with Crippen LogP contribution in [0.1, 0.15) is 105 Å². The van der Waals surface area contributed by atoms with E-state index >= 15 is 0 Å². The summed E-state index contributed by atoms with van der Waals surface area (Å²) in [6.45, 7) is 12.4. The van der Waals surface area contributed by atoms with Crippen LogP contribution < -0.4 is 26.9 Å². The maximum absolute atomic E-state index is 13.8. The van der Waals surface area contributed by atoms with Gasteiger partial charge >= 0.3 is 7.12 Å². The number of amides is 4. The van der Waals surface area contributed by atoms with Gasteiger partial charge in [-0.25, -0.2) is 0 Å². The summed E-state index contributed by atoms with van der Waals surface area (Å²) in [6, 6.07) is 56.8. The standard InChI is InChI=1S/C34H34N2O6S2.C26H29IN2O5S2.C8H7BO3/c1-34(2,3)25-12-8-22(9-13-25)28(21-27-16-17-31(43-27)33(38)35-18-19-44(39,40)41)32(37)36-26-14-10-23(11-15-26)30-20-24-6-4-5-7-29(24)42-30;1-26(2,3)18-6-4-17(5-7-18)22(24(30)29-20-10-8-19(27)9-11-20)16-21-12-13-23(35-21)25(31)28-14-15-36(32,33)34;10-9(11)8-5-6-3-1-2-4-7(6)12-8/h4-17,20,28H,18-19,21H2,1-3H3,(H,35,38)(H,36,37)(H,39,40,41);4-13,22H,14-16H2,1-3H3,(H,28,31)(H,29,30)(H,32,33,34);1-5,10-11H. The molecule has 0 aliphatic rings. The third-order valence-corrected chi connectivity index (χ3v) is 18.9. The molecule has 4 heterocycles. The first-order chi connectivity index (χ1) is 43.4. The topological polar surface area (TPSA) is 292 Å². The Labute approximate surface area is 556 Å². The van der Waals surface area contributed by atoms with E-state index in [2.05, 4.69) is 85.4 Å². The van der Waals surface area contributed by atoms with Gasteiger partial charge in [0.15, 0.2) is 0 Å². The lowest BCUT2D eigenvalue weighted by atomic mass is 9.85. The molecule has 0 radical (unpaired) electrons. The number of benzene rings is 6. The zero-order chi connectivity index (χ0) is 66.5. The van der Waals surface area contributed by atoms with E-state index in [4.69, 9.17) is 28.0 Å². The number of halogens is 1. The van der Waals surface area contributed by atoms with Crippen LogP contribution in [0.3, 0.4) is 0 Å². The predicted molar refractivity (Wildman–Crippen MR) is 373 cm³/mol. The van der Waals surface area contributed by atoms with Crippen molar-refractivity contribution in [2.24, 2.45) is 0 Å². The summed E-state index contributed by atoms with van der Waals surface area (Å²) < 4.78 is 73.6. The number of fused-ring (bicyclic) bond motifs is 2. The number of nitrogens with one attached hydrogen (secondary N) is 4. The fourth-order valence-electron chi connectivity index (χ4n) is 9.50. The van der Waals surface area contributed by atoms with Gasteiger partial charge in [-0.1, -0.05) is 126 Å². The molecule has 0 saturated heterocycles. The molecular formula is C68H70BIN4O14S4. The molecule has 92 heavy (non-hydrogen) atoms. The highest BCUT2D eigenvalue weighted by Gasteiger charge is 2.27. The minimum absolute atomic E-state index is 0.0111. The molecule has 2 unspecified atom stereocenters. The van der Waals surface area contributed by atoms with Gasteiger partial charge in [-0.15, -0.1) is 22.7 Å². The van der Waals surface area contributed by atoms with Crippen molar-refractivity contribution in [3.8, 4) is 11.3 Å². The maximum Gasteiger partial charge on any atom is 0.526 e. The van der Waals surface area contributed by atoms with Crippen molar-refractivity contribution in [1.82, 2.24) is 10.6 Å². The van der Waals surface area contributed by atoms with E-state index < -0.39 is 62.5 Å². The molecule has 6 aromatic carbocycles. The van der Waals surface area contributed by atoms with Crippen LogP contribution in [0, 0.1) is 3.57 Å². The second-order valence-electron chi connectivity index (χ2n) is 23.6. The number of anilines is 2. The molecule has 0 saturated carbocycles. The average molecular weight is 1430 g/mol. The summed E-state index contributed by atoms with van der Waals surface area (Å²) in [4.78, 5) is 54.5. The maximum atomic E-state index is 13.8. The van der Waals surface area contributed by atoms with Crippen LogP contribution in [0.5, 0.6) is 0 Å². The summed E-state index contributed by atoms with van der Waals surface area (Å²) in [5.74, 6) is -2.58. The molecule has 0 aliphatic heterocycles. The molecule has 4 amide bonds. The Bertz CT molecular complexity index is 4330. The molecule has 0 fully saturated rings. The van der Waals surface area contributed by atoms with Crippen LogP contribution >= 0.6 is 45.3 Å². The summed E-state index contributed by atoms with van der Waals surface area (Å²) in [7, 11) is -9.85. The number of carbonyl (C=O) groups excluding carboxylic acids is 4. The van der Waals surface area contributed by atoms with Gasteiger partial charge < -0.3 is 40.1 Å². The van der Waals surface area contributed by atoms with E-state index in [9.17, 15) is 36.0 Å². The van der Waals surface area contributed by atoms with Crippen LogP contribution in [0.2, 0.25) is 0 Å². The smallest absolute Gasteiger partial charge is 0.465 e. The zero-order valence-corrected chi connectivity index (χ0v) is 56.6. The lowest BCUT2D eigenvalue weighted by molar-refractivity contribution is -0.118. The van der Waals surface area contributed by atoms with E-state index in [0.29, 0.717) is 39.6 Å². The normalized spacial score (nSPS) is 12.4. The number of rotatable bonds is 20. The second-order valence-corrected chi connectivity index (χ2v) is 30.4. The Balaban J connectivity index is 0.000000203. The van der Waals surface area contributed by atoms with Crippen molar-refractivity contribution in [2.45, 2.75) is 77.0 Å². The van der Waals surface area contributed by atoms with E-state index in [1.165, 1.54) is 28.2 Å². The average Bonchev–Trinajstić information content (AvgIpc) is 1.43. The first-order valence-corrected chi connectivity index (χ1v) is 35.0. The quantitative estimate of drug-likeness (QED) is 0.0200. The second kappa shape index (κ2) is 30.8. The van der Waals surface area contributed by atoms with Crippen molar-refractivity contribution >= 4 is 135 Å². The number of hydrogen-bond acceptors (Lipinski definition) is 14. The molecule has 0 spiro atoms. The number of furan rings is 2.